The van der Waals surface area contributed by atoms with E-state index < -0.39 is 17.4 Å². The van der Waals surface area contributed by atoms with E-state index in [0.29, 0.717) is 27.4 Å². The molecule has 1 heterocycles. The van der Waals surface area contributed by atoms with Crippen LogP contribution in [0.5, 0.6) is 0 Å². The van der Waals surface area contributed by atoms with Crippen molar-refractivity contribution in [3.63, 3.8) is 0 Å². The lowest BCUT2D eigenvalue weighted by molar-refractivity contribution is -0.135. The monoisotopic (exact) mass is 391 g/mol. The number of aliphatic hydroxyl groups is 1. The summed E-state index contributed by atoms with van der Waals surface area (Å²) >= 11 is 6.22. The molecule has 0 radical (unpaired) electrons. The van der Waals surface area contributed by atoms with Crippen molar-refractivity contribution in [3.05, 3.63) is 100 Å². The number of amides is 1. The maximum Gasteiger partial charge on any atom is 0.262 e. The maximum atomic E-state index is 13.5. The third-order valence-electron chi connectivity index (χ3n) is 5.17. The first-order valence-electron chi connectivity index (χ1n) is 8.91. The van der Waals surface area contributed by atoms with E-state index in [9.17, 15) is 14.7 Å². The van der Waals surface area contributed by atoms with Gasteiger partial charge in [0.25, 0.3) is 5.91 Å². The molecule has 4 rings (SSSR count). The van der Waals surface area contributed by atoms with Gasteiger partial charge in [0.15, 0.2) is 11.4 Å². The van der Waals surface area contributed by atoms with Gasteiger partial charge >= 0.3 is 0 Å². The van der Waals surface area contributed by atoms with Crippen LogP contribution in [0.25, 0.3) is 0 Å². The maximum absolute atomic E-state index is 13.5. The third-order valence-corrected chi connectivity index (χ3v) is 5.39. The Morgan fingerprint density at radius 2 is 1.64 bits per heavy atom. The van der Waals surface area contributed by atoms with Crippen LogP contribution in [0.4, 0.5) is 5.69 Å². The SMILES string of the molecule is Cc1cc(Cl)cc2c1NC(=O)C2(O)C(C(=O)c1ccccc1)c1ccccc1. The molecule has 1 aliphatic heterocycles. The largest absolute Gasteiger partial charge is 0.374 e. The van der Waals surface area contributed by atoms with Crippen LogP contribution in [0.1, 0.15) is 33.0 Å². The Morgan fingerprint density at radius 3 is 2.29 bits per heavy atom. The van der Waals surface area contributed by atoms with Crippen molar-refractivity contribution in [2.75, 3.05) is 5.32 Å². The topological polar surface area (TPSA) is 66.4 Å². The summed E-state index contributed by atoms with van der Waals surface area (Å²) in [5.74, 6) is -2.09. The van der Waals surface area contributed by atoms with E-state index in [-0.39, 0.29) is 5.78 Å². The zero-order valence-corrected chi connectivity index (χ0v) is 15.9. The highest BCUT2D eigenvalue weighted by atomic mass is 35.5. The Hall–Kier alpha value is -2.95. The Labute approximate surface area is 167 Å². The predicted octanol–water partition coefficient (Wildman–Crippen LogP) is 4.45. The molecule has 0 aromatic heterocycles. The molecule has 2 unspecified atom stereocenters. The van der Waals surface area contributed by atoms with E-state index >= 15 is 0 Å². The molecule has 0 aliphatic carbocycles. The number of aryl methyl sites for hydroxylation is 1. The van der Waals surface area contributed by atoms with Gasteiger partial charge in [-0.1, -0.05) is 72.3 Å². The Kier molecular flexibility index (Phi) is 4.53. The summed E-state index contributed by atoms with van der Waals surface area (Å²) in [5.41, 5.74) is 0.452. The zero-order chi connectivity index (χ0) is 19.9. The van der Waals surface area contributed by atoms with Crippen molar-refractivity contribution >= 4 is 29.0 Å². The normalized spacial score (nSPS) is 19.0. The number of benzene rings is 3. The van der Waals surface area contributed by atoms with Crippen LogP contribution in [0.2, 0.25) is 5.02 Å². The van der Waals surface area contributed by atoms with Gasteiger partial charge in [-0.15, -0.1) is 0 Å². The minimum atomic E-state index is -2.07. The molecule has 0 saturated heterocycles. The minimum Gasteiger partial charge on any atom is -0.374 e. The van der Waals surface area contributed by atoms with Crippen molar-refractivity contribution in [1.29, 1.82) is 0 Å². The van der Waals surface area contributed by atoms with Gasteiger partial charge in [0.1, 0.15) is 0 Å². The summed E-state index contributed by atoms with van der Waals surface area (Å²) in [6, 6.07) is 20.8. The third kappa shape index (κ3) is 2.82. The molecule has 28 heavy (non-hydrogen) atoms. The number of hydrogen-bond acceptors (Lipinski definition) is 3. The van der Waals surface area contributed by atoms with Gasteiger partial charge in [-0.3, -0.25) is 9.59 Å². The van der Waals surface area contributed by atoms with E-state index in [1.165, 1.54) is 0 Å². The van der Waals surface area contributed by atoms with Gasteiger partial charge in [0, 0.05) is 16.1 Å². The van der Waals surface area contributed by atoms with E-state index in [1.54, 1.807) is 67.6 Å². The zero-order valence-electron chi connectivity index (χ0n) is 15.1. The molecule has 4 nitrogen and oxygen atoms in total. The average molecular weight is 392 g/mol. The van der Waals surface area contributed by atoms with E-state index in [4.69, 9.17) is 11.6 Å². The van der Waals surface area contributed by atoms with Gasteiger partial charge in [-0.2, -0.15) is 0 Å². The Morgan fingerprint density at radius 1 is 1.04 bits per heavy atom. The first-order valence-corrected chi connectivity index (χ1v) is 9.29. The summed E-state index contributed by atoms with van der Waals surface area (Å²) < 4.78 is 0. The Bertz CT molecular complexity index is 1070. The number of carbonyl (C=O) groups is 2. The van der Waals surface area contributed by atoms with Gasteiger partial charge < -0.3 is 10.4 Å². The molecule has 0 spiro atoms. The molecule has 3 aromatic carbocycles. The van der Waals surface area contributed by atoms with Crippen LogP contribution in [-0.2, 0) is 10.4 Å². The predicted molar refractivity (Wildman–Crippen MR) is 109 cm³/mol. The first-order chi connectivity index (χ1) is 13.4. The fourth-order valence-electron chi connectivity index (χ4n) is 3.82. The molecule has 5 heteroatoms. The molecule has 0 saturated carbocycles. The summed E-state index contributed by atoms with van der Waals surface area (Å²) in [7, 11) is 0. The van der Waals surface area contributed by atoms with Crippen LogP contribution in [0, 0.1) is 6.92 Å². The van der Waals surface area contributed by atoms with Gasteiger partial charge in [-0.25, -0.2) is 0 Å². The lowest BCUT2D eigenvalue weighted by atomic mass is 9.74. The van der Waals surface area contributed by atoms with Crippen LogP contribution in [-0.4, -0.2) is 16.8 Å². The summed E-state index contributed by atoms with van der Waals surface area (Å²) in [6.45, 7) is 1.80. The fourth-order valence-corrected chi connectivity index (χ4v) is 4.10. The van der Waals surface area contributed by atoms with Gasteiger partial charge in [0.2, 0.25) is 0 Å². The van der Waals surface area contributed by atoms with Crippen LogP contribution in [0.3, 0.4) is 0 Å². The highest BCUT2D eigenvalue weighted by Gasteiger charge is 2.55. The summed E-state index contributed by atoms with van der Waals surface area (Å²) in [6.07, 6.45) is 0. The van der Waals surface area contributed by atoms with Crippen LogP contribution >= 0.6 is 11.6 Å². The van der Waals surface area contributed by atoms with Crippen molar-refractivity contribution in [1.82, 2.24) is 0 Å². The molecule has 1 amide bonds. The summed E-state index contributed by atoms with van der Waals surface area (Å²) in [5, 5.41) is 14.8. The number of halogens is 1. The van der Waals surface area contributed by atoms with Crippen molar-refractivity contribution in [2.45, 2.75) is 18.4 Å². The number of fused-ring (bicyclic) bond motifs is 1. The molecule has 140 valence electrons. The molecule has 0 bridgehead atoms. The quantitative estimate of drug-likeness (QED) is 0.645. The average Bonchev–Trinajstić information content (AvgIpc) is 2.95. The van der Waals surface area contributed by atoms with Crippen LogP contribution < -0.4 is 5.32 Å². The minimum absolute atomic E-state index is 0.320. The number of hydrogen-bond donors (Lipinski definition) is 2. The van der Waals surface area contributed by atoms with E-state index in [1.807, 2.05) is 12.1 Å². The number of ketones is 1. The second kappa shape index (κ2) is 6.89. The summed E-state index contributed by atoms with van der Waals surface area (Å²) in [4.78, 5) is 26.5. The number of nitrogens with one attached hydrogen (secondary N) is 1. The lowest BCUT2D eigenvalue weighted by Crippen LogP contribution is -2.44. The second-order valence-corrected chi connectivity index (χ2v) is 7.38. The molecule has 1 aliphatic rings. The van der Waals surface area contributed by atoms with E-state index in [0.717, 1.165) is 5.56 Å². The smallest absolute Gasteiger partial charge is 0.262 e. The Balaban J connectivity index is 1.96. The molecule has 2 atom stereocenters. The van der Waals surface area contributed by atoms with E-state index in [2.05, 4.69) is 5.32 Å². The second-order valence-electron chi connectivity index (χ2n) is 6.94. The highest BCUT2D eigenvalue weighted by Crippen LogP contribution is 2.48. The lowest BCUT2D eigenvalue weighted by Gasteiger charge is -2.30. The van der Waals surface area contributed by atoms with Gasteiger partial charge in [-0.05, 0) is 30.2 Å². The first kappa shape index (κ1) is 18.4. The fraction of sp³-hybridized carbons (Fsp3) is 0.130. The van der Waals surface area contributed by atoms with Crippen molar-refractivity contribution in [3.8, 4) is 0 Å². The molecule has 3 aromatic rings. The molecule has 2 N–H and O–H groups in total. The van der Waals surface area contributed by atoms with Crippen molar-refractivity contribution < 1.29 is 14.7 Å². The number of carbonyl (C=O) groups excluding carboxylic acids is 2. The number of rotatable bonds is 4. The van der Waals surface area contributed by atoms with Gasteiger partial charge in [0.05, 0.1) is 11.6 Å². The molecular formula is C23H18ClNO3. The van der Waals surface area contributed by atoms with Crippen LogP contribution in [0.15, 0.2) is 72.8 Å². The van der Waals surface area contributed by atoms with Crippen molar-refractivity contribution in [2.24, 2.45) is 0 Å². The number of Topliss-reactive ketones (excluding diaryl/α,β-unsaturated/α-hetero) is 1. The molecule has 0 fully saturated rings. The standard InChI is InChI=1S/C23H18ClNO3/c1-14-12-17(24)13-18-20(14)25-22(27)23(18,28)19(15-8-4-2-5-9-15)21(26)16-10-6-3-7-11-16/h2-13,19,28H,1H3,(H,25,27). The number of anilines is 1. The molecular weight excluding hydrogens is 374 g/mol. The highest BCUT2D eigenvalue weighted by molar-refractivity contribution is 6.31.